The van der Waals surface area contributed by atoms with Gasteiger partial charge in [0.15, 0.2) is 0 Å². The molecule has 0 amide bonds. The van der Waals surface area contributed by atoms with Crippen molar-refractivity contribution in [3.63, 3.8) is 0 Å². The van der Waals surface area contributed by atoms with Crippen LogP contribution in [0.25, 0.3) is 5.52 Å². The molecule has 2 aromatic heterocycles. The fourth-order valence-corrected chi connectivity index (χ4v) is 4.60. The van der Waals surface area contributed by atoms with Crippen molar-refractivity contribution in [2.24, 2.45) is 0 Å². The third kappa shape index (κ3) is 6.83. The van der Waals surface area contributed by atoms with Gasteiger partial charge in [-0.05, 0) is 93.8 Å². The number of pyridine rings is 1. The summed E-state index contributed by atoms with van der Waals surface area (Å²) in [5.41, 5.74) is 4.08. The summed E-state index contributed by atoms with van der Waals surface area (Å²) in [6.45, 7) is 7.45. The van der Waals surface area contributed by atoms with E-state index in [1.54, 1.807) is 38.1 Å². The van der Waals surface area contributed by atoms with Crippen molar-refractivity contribution < 1.29 is 22.5 Å². The van der Waals surface area contributed by atoms with Crippen LogP contribution in [0.4, 0.5) is 0 Å². The summed E-state index contributed by atoms with van der Waals surface area (Å²) >= 11 is 0. The fraction of sp³-hybridized carbons (Fsp3) is 0.276. The number of aryl methyl sites for hydroxylation is 2. The molecule has 36 heavy (non-hydrogen) atoms. The lowest BCUT2D eigenvalue weighted by molar-refractivity contribution is 0.103. The zero-order valence-electron chi connectivity index (χ0n) is 21.1. The maximum absolute atomic E-state index is 13.4. The van der Waals surface area contributed by atoms with Gasteiger partial charge in [-0.15, -0.1) is 0 Å². The van der Waals surface area contributed by atoms with Crippen molar-refractivity contribution in [1.82, 2.24) is 4.40 Å². The molecular formula is C29H33NO5S. The summed E-state index contributed by atoms with van der Waals surface area (Å²) in [5.74, 6) is 0.0589. The van der Waals surface area contributed by atoms with Crippen LogP contribution in [0.3, 0.4) is 0 Å². The molecule has 0 aliphatic carbocycles. The quantitative estimate of drug-likeness (QED) is 0.234. The van der Waals surface area contributed by atoms with Crippen molar-refractivity contribution in [3.8, 4) is 5.75 Å². The van der Waals surface area contributed by atoms with E-state index in [0.717, 1.165) is 35.9 Å². The summed E-state index contributed by atoms with van der Waals surface area (Å²) in [7, 11) is -3.94. The molecule has 0 unspecified atom stereocenters. The van der Waals surface area contributed by atoms with Gasteiger partial charge in [-0.2, -0.15) is 8.42 Å². The van der Waals surface area contributed by atoms with Gasteiger partial charge in [0.2, 0.25) is 5.78 Å². The topological polar surface area (TPSA) is 85.1 Å². The van der Waals surface area contributed by atoms with Crippen molar-refractivity contribution in [1.29, 1.82) is 0 Å². The Bertz CT molecular complexity index is 1400. The number of hydrogen-bond acceptors (Lipinski definition) is 5. The van der Waals surface area contributed by atoms with Crippen molar-refractivity contribution in [2.45, 2.75) is 58.0 Å². The van der Waals surface area contributed by atoms with Gasteiger partial charge in [0.1, 0.15) is 10.6 Å². The minimum atomic E-state index is -3.94. The van der Waals surface area contributed by atoms with Crippen LogP contribution in [0.5, 0.6) is 5.75 Å². The van der Waals surface area contributed by atoms with E-state index in [0.29, 0.717) is 11.3 Å². The Morgan fingerprint density at radius 1 is 1.00 bits per heavy atom. The first kappa shape index (κ1) is 27.2. The van der Waals surface area contributed by atoms with E-state index in [-0.39, 0.29) is 22.5 Å². The first-order valence-electron chi connectivity index (χ1n) is 12.1. The van der Waals surface area contributed by atoms with E-state index in [1.807, 2.05) is 35.7 Å². The largest absolute Gasteiger partial charge is 0.394 e. The van der Waals surface area contributed by atoms with Gasteiger partial charge in [-0.25, -0.2) is 0 Å². The molecule has 6 nitrogen and oxygen atoms in total. The second kappa shape index (κ2) is 12.0. The number of carbonyl (C=O) groups excluding carboxylic acids is 1. The predicted molar refractivity (Wildman–Crippen MR) is 142 cm³/mol. The van der Waals surface area contributed by atoms with Crippen LogP contribution in [0.15, 0.2) is 83.9 Å². The number of carbonyl (C=O) groups is 1. The normalized spacial score (nSPS) is 11.3. The van der Waals surface area contributed by atoms with E-state index in [2.05, 4.69) is 13.0 Å². The minimum absolute atomic E-state index is 0.0866. The van der Waals surface area contributed by atoms with Crippen molar-refractivity contribution in [3.05, 3.63) is 101 Å². The summed E-state index contributed by atoms with van der Waals surface area (Å²) < 4.78 is 32.2. The highest BCUT2D eigenvalue weighted by Crippen LogP contribution is 2.24. The zero-order valence-corrected chi connectivity index (χ0v) is 22.0. The van der Waals surface area contributed by atoms with E-state index in [1.165, 1.54) is 24.3 Å². The first-order chi connectivity index (χ1) is 17.1. The molecule has 0 saturated carbocycles. The van der Waals surface area contributed by atoms with Crippen LogP contribution in [0, 0.1) is 6.92 Å². The summed E-state index contributed by atoms with van der Waals surface area (Å²) in [6.07, 6.45) is 4.60. The Balaban J connectivity index is 0.000000840. The summed E-state index contributed by atoms with van der Waals surface area (Å²) in [4.78, 5) is 13.5. The molecule has 0 radical (unpaired) electrons. The average Bonchev–Trinajstić information content (AvgIpc) is 3.21. The predicted octanol–water partition coefficient (Wildman–Crippen LogP) is 5.98. The third-order valence-corrected chi connectivity index (χ3v) is 6.67. The molecule has 0 spiro atoms. The molecular weight excluding hydrogens is 474 g/mol. The Kier molecular flexibility index (Phi) is 9.07. The average molecular weight is 508 g/mol. The first-order valence-corrected chi connectivity index (χ1v) is 13.5. The van der Waals surface area contributed by atoms with Crippen LogP contribution >= 0.6 is 0 Å². The summed E-state index contributed by atoms with van der Waals surface area (Å²) in [6, 6.07) is 20.6. The fourth-order valence-electron chi connectivity index (χ4n) is 3.67. The van der Waals surface area contributed by atoms with Crippen LogP contribution in [0.2, 0.25) is 0 Å². The Hall–Kier alpha value is -3.42. The number of rotatable bonds is 8. The molecule has 0 saturated heterocycles. The monoisotopic (exact) mass is 507 g/mol. The minimum Gasteiger partial charge on any atom is -0.394 e. The molecule has 0 aliphatic heterocycles. The molecule has 0 bridgehead atoms. The van der Waals surface area contributed by atoms with Crippen LogP contribution in [-0.4, -0.2) is 29.8 Å². The molecule has 1 N–H and O–H groups in total. The highest BCUT2D eigenvalue weighted by molar-refractivity contribution is 7.87. The molecule has 7 heteroatoms. The van der Waals surface area contributed by atoms with E-state index in [9.17, 15) is 13.2 Å². The molecule has 4 rings (SSSR count). The maximum Gasteiger partial charge on any atom is 0.339 e. The molecule has 0 fully saturated rings. The highest BCUT2D eigenvalue weighted by atomic mass is 32.2. The number of aromatic nitrogens is 1. The Morgan fingerprint density at radius 2 is 1.64 bits per heavy atom. The molecule has 190 valence electrons. The molecule has 2 heterocycles. The Morgan fingerprint density at radius 3 is 2.25 bits per heavy atom. The van der Waals surface area contributed by atoms with Crippen molar-refractivity contribution >= 4 is 21.4 Å². The maximum atomic E-state index is 13.4. The number of hydrogen-bond donors (Lipinski definition) is 1. The van der Waals surface area contributed by atoms with E-state index < -0.39 is 10.1 Å². The molecule has 4 aromatic rings. The standard InChI is InChI=1S/C26H25NO4S.C3H8O/c1-3-4-7-21-18-22-8-5-6-17-27(22)25(21)26(28)20-11-13-23(14-12-20)31-32(29,30)24-15-9-19(2)10-16-24;1-3(2)4/h5-6,8-18H,3-4,7H2,1-2H3;3-4H,1-2H3. The van der Waals surface area contributed by atoms with Gasteiger partial charge < -0.3 is 13.7 Å². The lowest BCUT2D eigenvalue weighted by Crippen LogP contribution is -2.11. The zero-order chi connectivity index (χ0) is 26.3. The number of aliphatic hydroxyl groups excluding tert-OH is 1. The smallest absolute Gasteiger partial charge is 0.339 e. The van der Waals surface area contributed by atoms with Crippen LogP contribution in [-0.2, 0) is 16.5 Å². The van der Waals surface area contributed by atoms with E-state index >= 15 is 0 Å². The lowest BCUT2D eigenvalue weighted by atomic mass is 10.0. The lowest BCUT2D eigenvalue weighted by Gasteiger charge is -2.09. The summed E-state index contributed by atoms with van der Waals surface area (Å²) in [5, 5.41) is 8.06. The van der Waals surface area contributed by atoms with Crippen LogP contribution in [0.1, 0.15) is 60.8 Å². The van der Waals surface area contributed by atoms with Gasteiger partial charge in [-0.1, -0.05) is 37.1 Å². The number of unbranched alkanes of at least 4 members (excludes halogenated alkanes) is 1. The van der Waals surface area contributed by atoms with E-state index in [4.69, 9.17) is 9.29 Å². The number of fused-ring (bicyclic) bond motifs is 1. The highest BCUT2D eigenvalue weighted by Gasteiger charge is 2.20. The van der Waals surface area contributed by atoms with Gasteiger partial charge in [0.05, 0.1) is 5.69 Å². The van der Waals surface area contributed by atoms with Crippen molar-refractivity contribution in [2.75, 3.05) is 0 Å². The second-order valence-corrected chi connectivity index (χ2v) is 10.5. The number of ketones is 1. The second-order valence-electron chi connectivity index (χ2n) is 8.92. The van der Waals surface area contributed by atoms with Gasteiger partial charge >= 0.3 is 10.1 Å². The third-order valence-electron chi connectivity index (χ3n) is 5.41. The number of nitrogens with zero attached hydrogens (tertiary/aromatic N) is 1. The SMILES string of the molecule is CC(C)O.CCCCc1cc2ccccn2c1C(=O)c1ccc(OS(=O)(=O)c2ccc(C)cc2)cc1. The van der Waals surface area contributed by atoms with Gasteiger partial charge in [-0.3, -0.25) is 4.79 Å². The molecule has 0 atom stereocenters. The van der Waals surface area contributed by atoms with Crippen LogP contribution < -0.4 is 4.18 Å². The number of aliphatic hydroxyl groups is 1. The molecule has 2 aromatic carbocycles. The molecule has 0 aliphatic rings. The number of benzene rings is 2. The van der Waals surface area contributed by atoms with Gasteiger partial charge in [0.25, 0.3) is 0 Å². The van der Waals surface area contributed by atoms with Gasteiger partial charge in [0, 0.05) is 23.4 Å². The Labute approximate surface area is 213 Å².